The van der Waals surface area contributed by atoms with Crippen LogP contribution in [0, 0.1) is 0 Å². The average Bonchev–Trinajstić information content (AvgIpc) is 3.15. The van der Waals surface area contributed by atoms with Crippen LogP contribution in [0.15, 0.2) is 54.6 Å². The number of methoxy groups -OCH3 is 1. The fourth-order valence-corrected chi connectivity index (χ4v) is 2.63. The van der Waals surface area contributed by atoms with E-state index in [0.29, 0.717) is 6.54 Å². The van der Waals surface area contributed by atoms with Gasteiger partial charge in [0.05, 0.1) is 13.2 Å². The molecule has 23 heavy (non-hydrogen) atoms. The summed E-state index contributed by atoms with van der Waals surface area (Å²) in [5.74, 6) is 0.666. The molecular formula is C17H20N4O2. The number of nitrogens with one attached hydrogen (secondary N) is 4. The van der Waals surface area contributed by atoms with Crippen LogP contribution < -0.4 is 26.4 Å². The Bertz CT molecular complexity index is 657. The third kappa shape index (κ3) is 3.50. The number of benzene rings is 2. The van der Waals surface area contributed by atoms with E-state index in [9.17, 15) is 4.79 Å². The van der Waals surface area contributed by atoms with E-state index in [-0.39, 0.29) is 18.0 Å². The molecule has 120 valence electrons. The first kappa shape index (κ1) is 15.5. The maximum Gasteiger partial charge on any atom is 0.240 e. The maximum absolute atomic E-state index is 12.5. The van der Waals surface area contributed by atoms with E-state index in [4.69, 9.17) is 4.74 Å². The van der Waals surface area contributed by atoms with Gasteiger partial charge in [0.1, 0.15) is 11.8 Å². The Morgan fingerprint density at radius 2 is 1.91 bits per heavy atom. The molecule has 1 fully saturated rings. The number of hydrazine groups is 2. The highest BCUT2D eigenvalue weighted by molar-refractivity contribution is 5.83. The summed E-state index contributed by atoms with van der Waals surface area (Å²) in [6, 6.07) is 17.0. The Balaban J connectivity index is 1.92. The predicted octanol–water partition coefficient (Wildman–Crippen LogP) is 0.882. The minimum absolute atomic E-state index is 0.0812. The molecule has 0 bridgehead atoms. The Labute approximate surface area is 135 Å². The standard InChI is InChI=1S/C17H20N4O2/c1-23-15-10-6-5-9-13(15)16(12-7-3-2-4-8-12)19-17(22)14-11-18-21-20-14/h2-10,14,16,18,20-21H,11H2,1H3,(H,19,22). The van der Waals surface area contributed by atoms with Gasteiger partial charge >= 0.3 is 0 Å². The Kier molecular flexibility index (Phi) is 4.87. The molecule has 1 saturated heterocycles. The SMILES string of the molecule is COc1ccccc1C(NC(=O)C1CNNN1)c1ccccc1. The molecule has 1 aliphatic rings. The third-order valence-corrected chi connectivity index (χ3v) is 3.83. The van der Waals surface area contributed by atoms with E-state index in [0.717, 1.165) is 16.9 Å². The molecule has 0 radical (unpaired) electrons. The summed E-state index contributed by atoms with van der Waals surface area (Å²) in [6.45, 7) is 0.527. The van der Waals surface area contributed by atoms with Gasteiger partial charge in [0.15, 0.2) is 0 Å². The molecule has 1 aliphatic heterocycles. The van der Waals surface area contributed by atoms with Gasteiger partial charge in [0.25, 0.3) is 0 Å². The van der Waals surface area contributed by atoms with Gasteiger partial charge in [0, 0.05) is 12.1 Å². The van der Waals surface area contributed by atoms with Crippen molar-refractivity contribution in [3.63, 3.8) is 0 Å². The number of ether oxygens (including phenoxy) is 1. The van der Waals surface area contributed by atoms with Gasteiger partial charge in [0.2, 0.25) is 5.91 Å². The number of rotatable bonds is 5. The number of para-hydroxylation sites is 1. The van der Waals surface area contributed by atoms with E-state index in [2.05, 4.69) is 21.7 Å². The number of hydrogen-bond donors (Lipinski definition) is 4. The lowest BCUT2D eigenvalue weighted by Gasteiger charge is -2.23. The van der Waals surface area contributed by atoms with Gasteiger partial charge in [-0.05, 0) is 11.6 Å². The van der Waals surface area contributed by atoms with Gasteiger partial charge in [-0.25, -0.2) is 10.9 Å². The molecule has 1 heterocycles. The first-order chi connectivity index (χ1) is 11.3. The minimum atomic E-state index is -0.323. The van der Waals surface area contributed by atoms with E-state index in [1.807, 2.05) is 54.6 Å². The zero-order valence-electron chi connectivity index (χ0n) is 12.9. The average molecular weight is 312 g/mol. The van der Waals surface area contributed by atoms with Gasteiger partial charge in [-0.3, -0.25) is 4.79 Å². The molecule has 2 unspecified atom stereocenters. The molecule has 2 atom stereocenters. The topological polar surface area (TPSA) is 74.4 Å². The van der Waals surface area contributed by atoms with E-state index in [1.165, 1.54) is 0 Å². The summed E-state index contributed by atoms with van der Waals surface area (Å²) >= 11 is 0. The number of hydrogen-bond acceptors (Lipinski definition) is 5. The van der Waals surface area contributed by atoms with Crippen molar-refractivity contribution in [2.45, 2.75) is 12.1 Å². The molecule has 6 heteroatoms. The maximum atomic E-state index is 12.5. The van der Waals surface area contributed by atoms with E-state index >= 15 is 0 Å². The molecule has 0 aliphatic carbocycles. The van der Waals surface area contributed by atoms with Crippen LogP contribution in [0.25, 0.3) is 0 Å². The molecule has 4 N–H and O–H groups in total. The number of carbonyl (C=O) groups excluding carboxylic acids is 1. The highest BCUT2D eigenvalue weighted by Gasteiger charge is 2.26. The Morgan fingerprint density at radius 3 is 2.61 bits per heavy atom. The van der Waals surface area contributed by atoms with Crippen molar-refractivity contribution in [2.75, 3.05) is 13.7 Å². The van der Waals surface area contributed by atoms with Crippen LogP contribution in [0.5, 0.6) is 5.75 Å². The van der Waals surface area contributed by atoms with Crippen LogP contribution >= 0.6 is 0 Å². The van der Waals surface area contributed by atoms with Gasteiger partial charge in [-0.2, -0.15) is 5.53 Å². The molecule has 2 aromatic rings. The van der Waals surface area contributed by atoms with Crippen molar-refractivity contribution in [3.8, 4) is 5.75 Å². The largest absolute Gasteiger partial charge is 0.496 e. The molecular weight excluding hydrogens is 292 g/mol. The van der Waals surface area contributed by atoms with Crippen molar-refractivity contribution < 1.29 is 9.53 Å². The number of amides is 1. The van der Waals surface area contributed by atoms with Crippen molar-refractivity contribution >= 4 is 5.91 Å². The minimum Gasteiger partial charge on any atom is -0.496 e. The Hall–Kier alpha value is -2.41. The Morgan fingerprint density at radius 1 is 1.17 bits per heavy atom. The summed E-state index contributed by atoms with van der Waals surface area (Å²) in [7, 11) is 1.63. The second kappa shape index (κ2) is 7.23. The lowest BCUT2D eigenvalue weighted by Crippen LogP contribution is -2.45. The highest BCUT2D eigenvalue weighted by Crippen LogP contribution is 2.29. The molecule has 0 spiro atoms. The van der Waals surface area contributed by atoms with Crippen molar-refractivity contribution in [3.05, 3.63) is 65.7 Å². The smallest absolute Gasteiger partial charge is 0.240 e. The van der Waals surface area contributed by atoms with E-state index < -0.39 is 0 Å². The second-order valence-corrected chi connectivity index (χ2v) is 5.30. The summed E-state index contributed by atoms with van der Waals surface area (Å²) in [5, 5.41) is 3.10. The summed E-state index contributed by atoms with van der Waals surface area (Å²) < 4.78 is 5.46. The lowest BCUT2D eigenvalue weighted by atomic mass is 9.97. The molecule has 2 aromatic carbocycles. The fourth-order valence-electron chi connectivity index (χ4n) is 2.63. The monoisotopic (exact) mass is 312 g/mol. The van der Waals surface area contributed by atoms with Crippen molar-refractivity contribution in [1.29, 1.82) is 0 Å². The van der Waals surface area contributed by atoms with Crippen LogP contribution in [0.2, 0.25) is 0 Å². The second-order valence-electron chi connectivity index (χ2n) is 5.30. The number of carbonyl (C=O) groups is 1. The van der Waals surface area contributed by atoms with Gasteiger partial charge < -0.3 is 10.1 Å². The molecule has 1 amide bonds. The molecule has 6 nitrogen and oxygen atoms in total. The van der Waals surface area contributed by atoms with E-state index in [1.54, 1.807) is 7.11 Å². The quantitative estimate of drug-likeness (QED) is 0.660. The first-order valence-corrected chi connectivity index (χ1v) is 7.51. The molecule has 3 rings (SSSR count). The summed E-state index contributed by atoms with van der Waals surface area (Å²) in [4.78, 5) is 12.5. The highest BCUT2D eigenvalue weighted by atomic mass is 16.5. The van der Waals surface area contributed by atoms with Gasteiger partial charge in [-0.1, -0.05) is 48.5 Å². The van der Waals surface area contributed by atoms with Crippen LogP contribution in [-0.2, 0) is 4.79 Å². The fraction of sp³-hybridized carbons (Fsp3) is 0.235. The first-order valence-electron chi connectivity index (χ1n) is 7.51. The van der Waals surface area contributed by atoms with Gasteiger partial charge in [-0.15, -0.1) is 0 Å². The predicted molar refractivity (Wildman–Crippen MR) is 87.5 cm³/mol. The summed E-state index contributed by atoms with van der Waals surface area (Å²) in [5.41, 5.74) is 10.4. The van der Waals surface area contributed by atoms with Crippen LogP contribution in [0.4, 0.5) is 0 Å². The zero-order chi connectivity index (χ0) is 16.1. The van der Waals surface area contributed by atoms with Crippen molar-refractivity contribution in [1.82, 2.24) is 21.7 Å². The lowest BCUT2D eigenvalue weighted by molar-refractivity contribution is -0.123. The molecule has 0 saturated carbocycles. The van der Waals surface area contributed by atoms with Crippen LogP contribution in [0.1, 0.15) is 17.2 Å². The molecule has 0 aromatic heterocycles. The van der Waals surface area contributed by atoms with Crippen molar-refractivity contribution in [2.24, 2.45) is 0 Å². The third-order valence-electron chi connectivity index (χ3n) is 3.83. The normalized spacial score (nSPS) is 18.4. The zero-order valence-corrected chi connectivity index (χ0v) is 12.9. The summed E-state index contributed by atoms with van der Waals surface area (Å²) in [6.07, 6.45) is 0. The van der Waals surface area contributed by atoms with Crippen LogP contribution in [0.3, 0.4) is 0 Å². The van der Waals surface area contributed by atoms with Crippen LogP contribution in [-0.4, -0.2) is 25.6 Å².